The van der Waals surface area contributed by atoms with Crippen molar-refractivity contribution in [2.75, 3.05) is 0 Å². The molecule has 3 heteroatoms. The minimum atomic E-state index is -0.125. The summed E-state index contributed by atoms with van der Waals surface area (Å²) in [5.41, 5.74) is 3.39. The molecule has 0 saturated carbocycles. The second kappa shape index (κ2) is 5.98. The maximum Gasteiger partial charge on any atom is 0.204 e. The van der Waals surface area contributed by atoms with Crippen LogP contribution >= 0.6 is 0 Å². The van der Waals surface area contributed by atoms with Crippen molar-refractivity contribution in [2.24, 2.45) is 0 Å². The fourth-order valence-electron chi connectivity index (χ4n) is 2.28. The van der Waals surface area contributed by atoms with E-state index >= 15 is 0 Å². The summed E-state index contributed by atoms with van der Waals surface area (Å²) in [6.45, 7) is 3.72. The lowest BCUT2D eigenvalue weighted by molar-refractivity contribution is 0.502. The van der Waals surface area contributed by atoms with E-state index < -0.39 is 0 Å². The lowest BCUT2D eigenvalue weighted by atomic mass is 10.1. The van der Waals surface area contributed by atoms with Crippen LogP contribution in [0.1, 0.15) is 25.7 Å². The number of aromatic nitrogens is 1. The van der Waals surface area contributed by atoms with Gasteiger partial charge in [-0.15, -0.1) is 0 Å². The number of nitrogens with one attached hydrogen (secondary N) is 1. The molecule has 3 nitrogen and oxygen atoms in total. The Bertz CT molecular complexity index is 719. The molecule has 0 aliphatic rings. The van der Waals surface area contributed by atoms with Gasteiger partial charge in [-0.25, -0.2) is 4.98 Å². The zero-order chi connectivity index (χ0) is 15.5. The van der Waals surface area contributed by atoms with Gasteiger partial charge in [-0.2, -0.15) is 0 Å². The summed E-state index contributed by atoms with van der Waals surface area (Å²) in [7, 11) is 0. The number of nitrogens with zero attached hydrogens (tertiary/aromatic N) is 1. The van der Waals surface area contributed by atoms with Crippen molar-refractivity contribution < 1.29 is 4.42 Å². The predicted octanol–water partition coefficient (Wildman–Crippen LogP) is 5.15. The highest BCUT2D eigenvalue weighted by Crippen LogP contribution is 2.34. The molecule has 2 aromatic carbocycles. The van der Waals surface area contributed by atoms with Gasteiger partial charge < -0.3 is 9.83 Å². The number of hydrogen-bond acceptors (Lipinski definition) is 3. The number of hydrogen-bond donors (Lipinski definition) is 1. The molecule has 3 rings (SSSR count). The molecular formula is C19H18N2O. The smallest absolute Gasteiger partial charge is 0.204 e. The third-order valence-corrected chi connectivity index (χ3v) is 3.75. The highest BCUT2D eigenvalue weighted by atomic mass is 16.4. The molecule has 0 unspecified atom stereocenters. The first-order chi connectivity index (χ1) is 10.7. The number of rotatable bonds is 4. The summed E-state index contributed by atoms with van der Waals surface area (Å²) < 4.78 is 6.03. The highest BCUT2D eigenvalue weighted by Gasteiger charge is 2.21. The van der Waals surface area contributed by atoms with Crippen molar-refractivity contribution >= 4 is 5.71 Å². The van der Waals surface area contributed by atoms with Crippen LogP contribution in [0, 0.1) is 5.41 Å². The fourth-order valence-corrected chi connectivity index (χ4v) is 2.28. The van der Waals surface area contributed by atoms with Crippen LogP contribution in [0.4, 0.5) is 0 Å². The van der Waals surface area contributed by atoms with E-state index in [0.29, 0.717) is 11.6 Å². The molecule has 0 bridgehead atoms. The van der Waals surface area contributed by atoms with Gasteiger partial charge >= 0.3 is 0 Å². The lowest BCUT2D eigenvalue weighted by Crippen LogP contribution is -2.03. The van der Waals surface area contributed by atoms with Crippen LogP contribution in [-0.4, -0.2) is 10.7 Å². The first-order valence-corrected chi connectivity index (χ1v) is 7.33. The van der Waals surface area contributed by atoms with Crippen molar-refractivity contribution in [2.45, 2.75) is 19.8 Å². The average Bonchev–Trinajstić information content (AvgIpc) is 3.01. The molecule has 0 radical (unpaired) electrons. The zero-order valence-electron chi connectivity index (χ0n) is 12.7. The predicted molar refractivity (Wildman–Crippen MR) is 89.2 cm³/mol. The number of oxazole rings is 1. The summed E-state index contributed by atoms with van der Waals surface area (Å²) in [5, 5.41) is 7.83. The molecule has 1 N–H and O–H groups in total. The second-order valence-electron chi connectivity index (χ2n) is 5.37. The summed E-state index contributed by atoms with van der Waals surface area (Å²) in [5.74, 6) is 1.22. The van der Waals surface area contributed by atoms with Gasteiger partial charge in [0.25, 0.3) is 0 Å². The molecule has 1 atom stereocenters. The largest absolute Gasteiger partial charge is 0.439 e. The minimum Gasteiger partial charge on any atom is -0.439 e. The molecule has 0 saturated heterocycles. The number of benzene rings is 2. The van der Waals surface area contributed by atoms with Crippen molar-refractivity contribution in [1.29, 1.82) is 5.41 Å². The molecule has 22 heavy (non-hydrogen) atoms. The summed E-state index contributed by atoms with van der Waals surface area (Å²) in [4.78, 5) is 4.67. The molecule has 0 aliphatic carbocycles. The normalized spacial score (nSPS) is 12.1. The Kier molecular flexibility index (Phi) is 3.88. The van der Waals surface area contributed by atoms with Crippen molar-refractivity contribution in [3.05, 3.63) is 66.6 Å². The van der Waals surface area contributed by atoms with Crippen LogP contribution in [0.15, 0.2) is 65.1 Å². The Labute approximate surface area is 130 Å². The second-order valence-corrected chi connectivity index (χ2v) is 5.37. The average molecular weight is 290 g/mol. The summed E-state index contributed by atoms with van der Waals surface area (Å²) >= 11 is 0. The van der Waals surface area contributed by atoms with Gasteiger partial charge in [0.2, 0.25) is 5.89 Å². The Balaban J connectivity index is 2.17. The van der Waals surface area contributed by atoms with Crippen LogP contribution in [0.25, 0.3) is 22.6 Å². The van der Waals surface area contributed by atoms with Crippen molar-refractivity contribution in [1.82, 2.24) is 4.98 Å². The fraction of sp³-hybridized carbons (Fsp3) is 0.158. The van der Waals surface area contributed by atoms with Crippen molar-refractivity contribution in [3.63, 3.8) is 0 Å². The zero-order valence-corrected chi connectivity index (χ0v) is 12.7. The Morgan fingerprint density at radius 2 is 1.50 bits per heavy atom. The van der Waals surface area contributed by atoms with E-state index in [0.717, 1.165) is 22.6 Å². The molecule has 0 spiro atoms. The SMILES string of the molecule is CC(=N)[C@@H](C)c1nc(-c2ccccc2)c(-c2ccccc2)o1. The van der Waals surface area contributed by atoms with Crippen molar-refractivity contribution in [3.8, 4) is 22.6 Å². The van der Waals surface area contributed by atoms with E-state index in [2.05, 4.69) is 4.98 Å². The molecule has 1 heterocycles. The first-order valence-electron chi connectivity index (χ1n) is 7.33. The molecule has 3 aromatic rings. The van der Waals surface area contributed by atoms with E-state index in [4.69, 9.17) is 9.83 Å². The topological polar surface area (TPSA) is 49.9 Å². The third-order valence-electron chi connectivity index (χ3n) is 3.75. The monoisotopic (exact) mass is 290 g/mol. The summed E-state index contributed by atoms with van der Waals surface area (Å²) in [6, 6.07) is 20.0. The van der Waals surface area contributed by atoms with Crippen LogP contribution in [-0.2, 0) is 0 Å². The first kappa shape index (κ1) is 14.3. The van der Waals surface area contributed by atoms with E-state index in [9.17, 15) is 0 Å². The molecular weight excluding hydrogens is 272 g/mol. The van der Waals surface area contributed by atoms with Crippen LogP contribution in [0.2, 0.25) is 0 Å². The Morgan fingerprint density at radius 1 is 0.955 bits per heavy atom. The molecule has 1 aromatic heterocycles. The maximum absolute atomic E-state index is 7.83. The van der Waals surface area contributed by atoms with Crippen LogP contribution in [0.3, 0.4) is 0 Å². The minimum absolute atomic E-state index is 0.125. The molecule has 0 fully saturated rings. The Hall–Kier alpha value is -2.68. The quantitative estimate of drug-likeness (QED) is 0.675. The van der Waals surface area contributed by atoms with Gasteiger partial charge in [0.05, 0.1) is 5.92 Å². The molecule has 0 aliphatic heterocycles. The van der Waals surface area contributed by atoms with Gasteiger partial charge in [-0.3, -0.25) is 0 Å². The van der Waals surface area contributed by atoms with Crippen LogP contribution in [0.5, 0.6) is 0 Å². The van der Waals surface area contributed by atoms with E-state index in [1.54, 1.807) is 6.92 Å². The van der Waals surface area contributed by atoms with E-state index in [-0.39, 0.29) is 5.92 Å². The van der Waals surface area contributed by atoms with Gasteiger partial charge in [-0.05, 0) is 13.8 Å². The van der Waals surface area contributed by atoms with Gasteiger partial charge in [0.15, 0.2) is 5.76 Å². The van der Waals surface area contributed by atoms with E-state index in [1.165, 1.54) is 0 Å². The van der Waals surface area contributed by atoms with Crippen LogP contribution < -0.4 is 0 Å². The van der Waals surface area contributed by atoms with Gasteiger partial charge in [0, 0.05) is 16.8 Å². The highest BCUT2D eigenvalue weighted by molar-refractivity contribution is 5.85. The molecule has 110 valence electrons. The lowest BCUT2D eigenvalue weighted by Gasteiger charge is -2.03. The standard InChI is InChI=1S/C19H18N2O/c1-13(14(2)20)19-21-17(15-9-5-3-6-10-15)18(22-19)16-11-7-4-8-12-16/h3-13,20H,1-2H3/t13-/m1/s1. The van der Waals surface area contributed by atoms with E-state index in [1.807, 2.05) is 67.6 Å². The third kappa shape index (κ3) is 2.70. The van der Waals surface area contributed by atoms with Gasteiger partial charge in [-0.1, -0.05) is 60.7 Å². The summed E-state index contributed by atoms with van der Waals surface area (Å²) in [6.07, 6.45) is 0. The Morgan fingerprint density at radius 3 is 2.05 bits per heavy atom. The molecule has 0 amide bonds. The maximum atomic E-state index is 7.83. The van der Waals surface area contributed by atoms with Gasteiger partial charge in [0.1, 0.15) is 5.69 Å².